The van der Waals surface area contributed by atoms with Gasteiger partial charge in [0.2, 0.25) is 0 Å². The summed E-state index contributed by atoms with van der Waals surface area (Å²) in [5.41, 5.74) is 0. The average Bonchev–Trinajstić information content (AvgIpc) is 3.44. The summed E-state index contributed by atoms with van der Waals surface area (Å²) in [5.74, 6) is 0.0984. The molecule has 0 saturated carbocycles. The molecule has 18 nitrogen and oxygen atoms in total. The Morgan fingerprint density at radius 2 is 0.696 bits per heavy atom. The van der Waals surface area contributed by atoms with E-state index in [0.717, 1.165) is 0 Å². The highest BCUT2D eigenvalue weighted by atomic mass is 35.5. The van der Waals surface area contributed by atoms with Crippen molar-refractivity contribution in [3.63, 3.8) is 0 Å². The molecule has 0 radical (unpaired) electrons. The minimum absolute atomic E-state index is 0. The first kappa shape index (κ1) is 48.7. The van der Waals surface area contributed by atoms with Gasteiger partial charge in [0.25, 0.3) is 0 Å². The average molecular weight is 762 g/mol. The normalized spacial score (nSPS) is 34.3. The Kier molecular flexibility index (Phi) is 24.5. The van der Waals surface area contributed by atoms with Crippen molar-refractivity contribution in [2.24, 2.45) is 0 Å². The van der Waals surface area contributed by atoms with E-state index in [0.29, 0.717) is 0 Å². The van der Waals surface area contributed by atoms with Gasteiger partial charge in [0, 0.05) is 21.8 Å². The van der Waals surface area contributed by atoms with E-state index in [-0.39, 0.29) is 47.8 Å². The van der Waals surface area contributed by atoms with Crippen LogP contribution in [0.4, 0.5) is 0 Å². The van der Waals surface area contributed by atoms with E-state index < -0.39 is 144 Å². The zero-order chi connectivity index (χ0) is 34.0. The van der Waals surface area contributed by atoms with Crippen molar-refractivity contribution in [2.45, 2.75) is 96.0 Å². The van der Waals surface area contributed by atoms with E-state index in [9.17, 15) is 81.7 Å². The molecule has 46 heavy (non-hydrogen) atoms. The van der Waals surface area contributed by atoms with Crippen molar-refractivity contribution >= 4 is 21.8 Å². The predicted molar refractivity (Wildman–Crippen MR) is 154 cm³/mol. The minimum Gasteiger partial charge on any atom is -1.00 e. The molecule has 0 aromatic heterocycles. The maximum Gasteiger partial charge on any atom is 0.169 e. The maximum atomic E-state index is 9.93. The molecule has 2 rings (SSSR count). The van der Waals surface area contributed by atoms with Crippen LogP contribution >= 0.6 is 0 Å². The van der Waals surface area contributed by atoms with Crippen molar-refractivity contribution in [1.82, 2.24) is 0 Å². The molecule has 0 bridgehead atoms. The molecule has 2 aliphatic heterocycles. The molecule has 22 heteroatoms. The fourth-order valence-corrected chi connectivity index (χ4v) is 10.1. The molecule has 0 aromatic rings. The first-order chi connectivity index (χ1) is 20.5. The lowest BCUT2D eigenvalue weighted by atomic mass is 10.0. The molecule has 2 saturated heterocycles. The molecule has 0 aliphatic carbocycles. The molecule has 0 spiro atoms. The maximum absolute atomic E-state index is 9.93. The van der Waals surface area contributed by atoms with Crippen molar-refractivity contribution in [3.05, 3.63) is 0 Å². The van der Waals surface area contributed by atoms with Crippen LogP contribution in [-0.4, -0.2) is 237 Å². The van der Waals surface area contributed by atoms with Crippen molar-refractivity contribution in [2.75, 3.05) is 49.4 Å². The van der Waals surface area contributed by atoms with Crippen molar-refractivity contribution < 1.29 is 117 Å². The Balaban J connectivity index is 0. The van der Waals surface area contributed by atoms with Gasteiger partial charge in [0.15, 0.2) is 10.5 Å². The van der Waals surface area contributed by atoms with Gasteiger partial charge in [-0.05, 0) is 0 Å². The molecule has 18 atom stereocenters. The summed E-state index contributed by atoms with van der Waals surface area (Å²) in [6.45, 7) is -2.43. The number of hydrogen-bond acceptors (Lipinski definition) is 18. The third-order valence-corrected chi connectivity index (χ3v) is 13.3. The number of halogens is 2. The van der Waals surface area contributed by atoms with Crippen LogP contribution in [0.15, 0.2) is 0 Å². The van der Waals surface area contributed by atoms with Gasteiger partial charge in [0.05, 0.1) is 26.4 Å². The second kappa shape index (κ2) is 23.1. The molecular weight excluding hydrogens is 711 g/mol. The van der Waals surface area contributed by atoms with Crippen LogP contribution in [-0.2, 0) is 21.8 Å². The van der Waals surface area contributed by atoms with Gasteiger partial charge in [0.1, 0.15) is 108 Å². The van der Waals surface area contributed by atoms with Crippen molar-refractivity contribution in [3.8, 4) is 0 Å². The van der Waals surface area contributed by atoms with Gasteiger partial charge in [-0.2, -0.15) is 0 Å². The topological polar surface area (TPSA) is 364 Å². The van der Waals surface area contributed by atoms with Crippen LogP contribution in [0.5, 0.6) is 0 Å². The number of aliphatic hydroxyl groups excluding tert-OH is 18. The first-order valence-corrected chi connectivity index (χ1v) is 17.0. The van der Waals surface area contributed by atoms with E-state index in [1.54, 1.807) is 0 Å². The first-order valence-electron chi connectivity index (χ1n) is 13.8. The summed E-state index contributed by atoms with van der Waals surface area (Å²) in [6.07, 6.45) is -21.7. The lowest BCUT2D eigenvalue weighted by molar-refractivity contribution is -0.136. The predicted octanol–water partition coefficient (Wildman–Crippen LogP) is -17.0. The van der Waals surface area contributed by atoms with E-state index in [1.807, 2.05) is 0 Å². The Hall–Kier alpha value is 0.560. The van der Waals surface area contributed by atoms with Gasteiger partial charge in [-0.3, -0.25) is 0 Å². The van der Waals surface area contributed by atoms with Gasteiger partial charge in [-0.15, -0.1) is 0 Å². The van der Waals surface area contributed by atoms with Crippen LogP contribution < -0.4 is 24.8 Å². The molecule has 0 aromatic carbocycles. The second-order valence-corrected chi connectivity index (χ2v) is 15.6. The number of rotatable bonds is 16. The summed E-state index contributed by atoms with van der Waals surface area (Å²) in [4.78, 5) is 0. The third-order valence-electron chi connectivity index (χ3n) is 7.66. The highest BCUT2D eigenvalue weighted by Gasteiger charge is 2.52. The lowest BCUT2D eigenvalue weighted by Gasteiger charge is -2.28. The highest BCUT2D eigenvalue weighted by Crippen LogP contribution is 2.27. The van der Waals surface area contributed by atoms with E-state index in [2.05, 4.69) is 0 Å². The third kappa shape index (κ3) is 13.0. The zero-order valence-electron chi connectivity index (χ0n) is 24.5. The summed E-state index contributed by atoms with van der Waals surface area (Å²) in [7, 11) is -1.57. The molecule has 280 valence electrons. The summed E-state index contributed by atoms with van der Waals surface area (Å²) in [5, 5.41) is 169. The minimum atomic E-state index is -1.88. The van der Waals surface area contributed by atoms with Crippen LogP contribution in [0, 0.1) is 0 Å². The highest BCUT2D eigenvalue weighted by molar-refractivity contribution is 7.98. The molecule has 0 amide bonds. The van der Waals surface area contributed by atoms with E-state index >= 15 is 0 Å². The summed E-state index contributed by atoms with van der Waals surface area (Å²) < 4.78 is 0. The van der Waals surface area contributed by atoms with E-state index in [1.165, 1.54) is 0 Å². The molecule has 2 unspecified atom stereocenters. The van der Waals surface area contributed by atoms with Gasteiger partial charge < -0.3 is 117 Å². The second-order valence-electron chi connectivity index (χ2n) is 10.9. The molecular formula is C24H50Cl2O18S2. The molecule has 18 N–H and O–H groups in total. The smallest absolute Gasteiger partial charge is 0.169 e. The fourth-order valence-electron chi connectivity index (χ4n) is 4.75. The van der Waals surface area contributed by atoms with Crippen LogP contribution in [0.1, 0.15) is 0 Å². The van der Waals surface area contributed by atoms with Gasteiger partial charge in [-0.1, -0.05) is 0 Å². The van der Waals surface area contributed by atoms with Gasteiger partial charge >= 0.3 is 0 Å². The Labute approximate surface area is 283 Å². The van der Waals surface area contributed by atoms with Crippen LogP contribution in [0.3, 0.4) is 0 Å². The standard InChI is InChI=1S/2C12H25O9S.2ClH/c2*13-1-5(15)10(19)12(21)11(20)7(17)4-22-3-6(16)9(18)8(22)2-14;;/h2*5-21H,1-4H2;2*1H/q2*+1;;/p-2/t5-,6+,7+,8+,9-,10-,11+,12+,22?;5-,6-,7-,8-,9+,10+,11-,12-,22?;;/m01../s1. The molecule has 2 aliphatic rings. The van der Waals surface area contributed by atoms with Crippen LogP contribution in [0.2, 0.25) is 0 Å². The summed E-state index contributed by atoms with van der Waals surface area (Å²) in [6, 6.07) is 0. The lowest BCUT2D eigenvalue weighted by Crippen LogP contribution is -3.00. The zero-order valence-corrected chi connectivity index (χ0v) is 27.7. The fraction of sp³-hybridized carbons (Fsp3) is 1.00. The van der Waals surface area contributed by atoms with Crippen LogP contribution in [0.25, 0.3) is 0 Å². The molecule has 2 fully saturated rings. The van der Waals surface area contributed by atoms with Gasteiger partial charge in [-0.25, -0.2) is 0 Å². The molecule has 2 heterocycles. The Bertz CT molecular complexity index is 741. The van der Waals surface area contributed by atoms with E-state index in [4.69, 9.17) is 10.2 Å². The monoisotopic (exact) mass is 760 g/mol. The number of hydrogen-bond donors (Lipinski definition) is 18. The SMILES string of the molecule is OC[C@@H](O)[C@H](O)[C@@H](O)[C@H](O)[C@H](O)C[S+]1C[C@@H](O)[C@H](O)[C@H]1CO.OC[C@@H]1[C@@H](O)[C@H](O)C[S+]1C[C@@H](O)[C@@H](O)[C@H](O)[C@@H](O)[C@@H](O)CO.[Cl-].[Cl-]. The Morgan fingerprint density at radius 3 is 0.935 bits per heavy atom. The Morgan fingerprint density at radius 1 is 0.435 bits per heavy atom. The van der Waals surface area contributed by atoms with Crippen molar-refractivity contribution in [1.29, 1.82) is 0 Å². The quantitative estimate of drug-likeness (QED) is 0.0649. The summed E-state index contributed by atoms with van der Waals surface area (Å²) >= 11 is 0. The largest absolute Gasteiger partial charge is 1.00 e. The number of aliphatic hydroxyl groups is 18.